The summed E-state index contributed by atoms with van der Waals surface area (Å²) in [5.74, 6) is 1.14. The van der Waals surface area contributed by atoms with Gasteiger partial charge in [-0.15, -0.1) is 21.5 Å². The van der Waals surface area contributed by atoms with Crippen molar-refractivity contribution in [3.63, 3.8) is 0 Å². The number of amides is 1. The van der Waals surface area contributed by atoms with Gasteiger partial charge in [-0.05, 0) is 43.9 Å². The SMILES string of the molecule is CCc1ccc(OCc2nc(C)c(C(=O)Nc3nnc(C4CC4)s3)s2)cc1. The zero-order valence-corrected chi connectivity index (χ0v) is 16.8. The number of aromatic nitrogens is 3. The number of nitrogens with zero attached hydrogens (tertiary/aromatic N) is 3. The highest BCUT2D eigenvalue weighted by Crippen LogP contribution is 2.42. The van der Waals surface area contributed by atoms with Crippen LogP contribution in [0.4, 0.5) is 5.13 Å². The molecule has 1 amide bonds. The fraction of sp³-hybridized carbons (Fsp3) is 0.368. The van der Waals surface area contributed by atoms with Gasteiger partial charge in [-0.1, -0.05) is 30.4 Å². The van der Waals surface area contributed by atoms with Gasteiger partial charge in [-0.25, -0.2) is 4.98 Å². The molecule has 4 rings (SSSR count). The van der Waals surface area contributed by atoms with Crippen molar-refractivity contribution in [2.75, 3.05) is 5.32 Å². The Hall–Kier alpha value is -2.32. The van der Waals surface area contributed by atoms with E-state index in [1.54, 1.807) is 0 Å². The molecule has 0 spiro atoms. The van der Waals surface area contributed by atoms with Gasteiger partial charge in [0.15, 0.2) is 0 Å². The van der Waals surface area contributed by atoms with Gasteiger partial charge >= 0.3 is 0 Å². The third-order valence-corrected chi connectivity index (χ3v) is 6.46. The zero-order valence-electron chi connectivity index (χ0n) is 15.2. The molecule has 0 unspecified atom stereocenters. The Morgan fingerprint density at radius 2 is 2.00 bits per heavy atom. The van der Waals surface area contributed by atoms with E-state index in [9.17, 15) is 4.79 Å². The van der Waals surface area contributed by atoms with Crippen molar-refractivity contribution < 1.29 is 9.53 Å². The number of benzene rings is 1. The molecule has 1 aromatic carbocycles. The van der Waals surface area contributed by atoms with Crippen LogP contribution >= 0.6 is 22.7 Å². The molecule has 1 fully saturated rings. The van der Waals surface area contributed by atoms with Crippen molar-refractivity contribution in [2.24, 2.45) is 0 Å². The largest absolute Gasteiger partial charge is 0.486 e. The molecule has 0 aliphatic heterocycles. The van der Waals surface area contributed by atoms with Gasteiger partial charge in [0, 0.05) is 5.92 Å². The van der Waals surface area contributed by atoms with Crippen LogP contribution in [0.1, 0.15) is 56.6 Å². The molecule has 6 nitrogen and oxygen atoms in total. The van der Waals surface area contributed by atoms with E-state index in [4.69, 9.17) is 4.74 Å². The molecular formula is C19H20N4O2S2. The summed E-state index contributed by atoms with van der Waals surface area (Å²) in [6, 6.07) is 8.03. The molecule has 1 aliphatic carbocycles. The van der Waals surface area contributed by atoms with Gasteiger partial charge in [0.1, 0.15) is 27.2 Å². The van der Waals surface area contributed by atoms with Crippen LogP contribution < -0.4 is 10.1 Å². The maximum atomic E-state index is 12.5. The number of nitrogens with one attached hydrogen (secondary N) is 1. The molecule has 140 valence electrons. The standard InChI is InChI=1S/C19H20N4O2S2/c1-3-12-4-8-14(9-5-12)25-10-15-20-11(2)16(26-15)17(24)21-19-23-22-18(27-19)13-6-7-13/h4-5,8-9,13H,3,6-7,10H2,1-2H3,(H,21,23,24). The van der Waals surface area contributed by atoms with Crippen molar-refractivity contribution in [3.05, 3.63) is 50.4 Å². The Kier molecular flexibility index (Phi) is 5.18. The molecule has 3 aromatic rings. The number of thiazole rings is 1. The lowest BCUT2D eigenvalue weighted by Crippen LogP contribution is -2.11. The molecular weight excluding hydrogens is 380 g/mol. The topological polar surface area (TPSA) is 77.0 Å². The Balaban J connectivity index is 1.38. The number of aryl methyl sites for hydroxylation is 2. The number of hydrogen-bond donors (Lipinski definition) is 1. The van der Waals surface area contributed by atoms with Crippen LogP contribution in [-0.2, 0) is 13.0 Å². The Labute approximate surface area is 165 Å². The molecule has 2 heterocycles. The van der Waals surface area contributed by atoms with Crippen LogP contribution in [0.3, 0.4) is 0 Å². The Morgan fingerprint density at radius 1 is 1.22 bits per heavy atom. The smallest absolute Gasteiger partial charge is 0.269 e. The highest BCUT2D eigenvalue weighted by atomic mass is 32.1. The van der Waals surface area contributed by atoms with Crippen LogP contribution in [0.5, 0.6) is 5.75 Å². The van der Waals surface area contributed by atoms with Crippen LogP contribution in [0.15, 0.2) is 24.3 Å². The Morgan fingerprint density at radius 3 is 2.70 bits per heavy atom. The van der Waals surface area contributed by atoms with Gasteiger partial charge in [-0.3, -0.25) is 10.1 Å². The quantitative estimate of drug-likeness (QED) is 0.628. The van der Waals surface area contributed by atoms with Gasteiger partial charge in [-0.2, -0.15) is 0 Å². The van der Waals surface area contributed by atoms with Gasteiger partial charge in [0.2, 0.25) is 5.13 Å². The second-order valence-electron chi connectivity index (χ2n) is 6.48. The van der Waals surface area contributed by atoms with Gasteiger partial charge in [0.25, 0.3) is 5.91 Å². The number of ether oxygens (including phenoxy) is 1. The molecule has 1 aliphatic rings. The van der Waals surface area contributed by atoms with E-state index >= 15 is 0 Å². The first-order valence-corrected chi connectivity index (χ1v) is 10.6. The highest BCUT2D eigenvalue weighted by Gasteiger charge is 2.28. The van der Waals surface area contributed by atoms with Gasteiger partial charge in [0.05, 0.1) is 5.69 Å². The number of rotatable bonds is 7. The normalized spacial score (nSPS) is 13.6. The summed E-state index contributed by atoms with van der Waals surface area (Å²) in [5.41, 5.74) is 1.97. The van der Waals surface area contributed by atoms with E-state index in [1.165, 1.54) is 41.1 Å². The van der Waals surface area contributed by atoms with Crippen LogP contribution in [0.2, 0.25) is 0 Å². The number of carbonyl (C=O) groups is 1. The lowest BCUT2D eigenvalue weighted by molar-refractivity contribution is 0.102. The number of anilines is 1. The van der Waals surface area contributed by atoms with Crippen LogP contribution in [-0.4, -0.2) is 21.1 Å². The third kappa shape index (κ3) is 4.33. The van der Waals surface area contributed by atoms with E-state index in [0.717, 1.165) is 22.2 Å². The molecule has 8 heteroatoms. The first-order valence-electron chi connectivity index (χ1n) is 8.95. The maximum Gasteiger partial charge on any atom is 0.269 e. The molecule has 27 heavy (non-hydrogen) atoms. The van der Waals surface area contributed by atoms with Crippen LogP contribution in [0, 0.1) is 6.92 Å². The lowest BCUT2D eigenvalue weighted by Gasteiger charge is -2.04. The molecule has 1 N–H and O–H groups in total. The summed E-state index contributed by atoms with van der Waals surface area (Å²) < 4.78 is 5.79. The number of hydrogen-bond acceptors (Lipinski definition) is 7. The molecule has 0 bridgehead atoms. The maximum absolute atomic E-state index is 12.5. The third-order valence-electron chi connectivity index (χ3n) is 4.33. The first kappa shape index (κ1) is 18.1. The zero-order chi connectivity index (χ0) is 18.8. The predicted molar refractivity (Wildman–Crippen MR) is 107 cm³/mol. The molecule has 0 radical (unpaired) electrons. The minimum atomic E-state index is -0.193. The number of carbonyl (C=O) groups excluding carboxylic acids is 1. The van der Waals surface area contributed by atoms with Crippen molar-refractivity contribution >= 4 is 33.7 Å². The average molecular weight is 401 g/mol. The summed E-state index contributed by atoms with van der Waals surface area (Å²) in [6.07, 6.45) is 3.34. The molecule has 1 saturated carbocycles. The minimum Gasteiger partial charge on any atom is -0.486 e. The van der Waals surface area contributed by atoms with Gasteiger partial charge < -0.3 is 4.74 Å². The van der Waals surface area contributed by atoms with Crippen molar-refractivity contribution in [1.29, 1.82) is 0 Å². The molecule has 2 aromatic heterocycles. The van der Waals surface area contributed by atoms with Crippen molar-refractivity contribution in [1.82, 2.24) is 15.2 Å². The van der Waals surface area contributed by atoms with E-state index in [2.05, 4.69) is 39.6 Å². The van der Waals surface area contributed by atoms with E-state index in [0.29, 0.717) is 28.2 Å². The second kappa shape index (κ2) is 7.74. The second-order valence-corrected chi connectivity index (χ2v) is 8.57. The van der Waals surface area contributed by atoms with E-state index in [1.807, 2.05) is 19.1 Å². The minimum absolute atomic E-state index is 0.193. The highest BCUT2D eigenvalue weighted by molar-refractivity contribution is 7.16. The van der Waals surface area contributed by atoms with Crippen LogP contribution in [0.25, 0.3) is 0 Å². The molecule has 0 saturated heterocycles. The van der Waals surface area contributed by atoms with E-state index in [-0.39, 0.29) is 5.91 Å². The van der Waals surface area contributed by atoms with E-state index < -0.39 is 0 Å². The van der Waals surface area contributed by atoms with Crippen molar-refractivity contribution in [2.45, 2.75) is 45.6 Å². The fourth-order valence-electron chi connectivity index (χ4n) is 2.63. The molecule has 0 atom stereocenters. The summed E-state index contributed by atoms with van der Waals surface area (Å²) in [6.45, 7) is 4.30. The summed E-state index contributed by atoms with van der Waals surface area (Å²) in [7, 11) is 0. The van der Waals surface area contributed by atoms with Crippen molar-refractivity contribution in [3.8, 4) is 5.75 Å². The lowest BCUT2D eigenvalue weighted by atomic mass is 10.2. The first-order chi connectivity index (χ1) is 13.1. The summed E-state index contributed by atoms with van der Waals surface area (Å²) >= 11 is 2.80. The average Bonchev–Trinajstić information content (AvgIpc) is 3.31. The predicted octanol–water partition coefficient (Wildman–Crippen LogP) is 4.57. The fourth-order valence-corrected chi connectivity index (χ4v) is 4.41. The summed E-state index contributed by atoms with van der Waals surface area (Å²) in [4.78, 5) is 17.6. The summed E-state index contributed by atoms with van der Waals surface area (Å²) in [5, 5.41) is 13.4. The monoisotopic (exact) mass is 400 g/mol. The Bertz CT molecular complexity index is 945.